The largest absolute Gasteiger partial charge is 0.478 e. The molecule has 2 aromatic carbocycles. The van der Waals surface area contributed by atoms with Crippen LogP contribution in [0, 0.1) is 5.82 Å². The number of hydrogen-bond donors (Lipinski definition) is 2. The van der Waals surface area contributed by atoms with Crippen molar-refractivity contribution in [2.24, 2.45) is 0 Å². The van der Waals surface area contributed by atoms with Crippen LogP contribution in [0.4, 0.5) is 10.1 Å². The van der Waals surface area contributed by atoms with E-state index in [4.69, 9.17) is 4.42 Å². The Balaban J connectivity index is 1.70. The maximum absolute atomic E-state index is 13.3. The average Bonchev–Trinajstić information content (AvgIpc) is 3.27. The Kier molecular flexibility index (Phi) is 3.91. The van der Waals surface area contributed by atoms with E-state index in [9.17, 15) is 14.3 Å². The number of fused-ring (bicyclic) bond motifs is 3. The summed E-state index contributed by atoms with van der Waals surface area (Å²) < 4.78 is 19.3. The van der Waals surface area contributed by atoms with E-state index in [1.165, 1.54) is 25.0 Å². The number of furan rings is 1. The Morgan fingerprint density at radius 3 is 2.82 bits per heavy atom. The number of carbonyl (C=O) groups is 1. The van der Waals surface area contributed by atoms with Crippen LogP contribution in [-0.4, -0.2) is 35.1 Å². The predicted octanol–water partition coefficient (Wildman–Crippen LogP) is 4.89. The third-order valence-electron chi connectivity index (χ3n) is 6.08. The second-order valence-corrected chi connectivity index (χ2v) is 7.64. The molecule has 1 saturated heterocycles. The van der Waals surface area contributed by atoms with E-state index in [1.54, 1.807) is 12.1 Å². The minimum absolute atomic E-state index is 0.124. The molecule has 6 heteroatoms. The lowest BCUT2D eigenvalue weighted by atomic mass is 9.99. The van der Waals surface area contributed by atoms with E-state index in [-0.39, 0.29) is 23.2 Å². The van der Waals surface area contributed by atoms with Crippen molar-refractivity contribution in [3.63, 3.8) is 0 Å². The van der Waals surface area contributed by atoms with Crippen molar-refractivity contribution in [1.82, 2.24) is 4.90 Å². The van der Waals surface area contributed by atoms with E-state index < -0.39 is 5.97 Å². The van der Waals surface area contributed by atoms with Crippen molar-refractivity contribution >= 4 is 22.6 Å². The molecular weight excluding hydrogens is 359 g/mol. The van der Waals surface area contributed by atoms with Crippen molar-refractivity contribution in [1.29, 1.82) is 0 Å². The summed E-state index contributed by atoms with van der Waals surface area (Å²) in [5.41, 5.74) is 3.28. The number of nitrogens with zero attached hydrogens (tertiary/aromatic N) is 1. The molecule has 3 heterocycles. The van der Waals surface area contributed by atoms with Crippen LogP contribution in [0.5, 0.6) is 0 Å². The molecule has 2 N–H and O–H groups in total. The fourth-order valence-electron chi connectivity index (χ4n) is 4.67. The third-order valence-corrected chi connectivity index (χ3v) is 6.08. The van der Waals surface area contributed by atoms with Gasteiger partial charge in [-0.15, -0.1) is 0 Å². The number of anilines is 1. The highest BCUT2D eigenvalue weighted by Crippen LogP contribution is 2.41. The second-order valence-electron chi connectivity index (χ2n) is 7.64. The zero-order chi connectivity index (χ0) is 19.4. The van der Waals surface area contributed by atoms with E-state index in [1.807, 2.05) is 12.1 Å². The second kappa shape index (κ2) is 6.34. The first-order valence-electron chi connectivity index (χ1n) is 9.62. The Hall–Kier alpha value is -2.86. The van der Waals surface area contributed by atoms with Crippen molar-refractivity contribution < 1.29 is 18.7 Å². The number of benzene rings is 2. The molecule has 144 valence electrons. The number of nitrogens with one attached hydrogen (secondary N) is 1. The summed E-state index contributed by atoms with van der Waals surface area (Å²) in [5, 5.41) is 14.0. The molecule has 5 nitrogen and oxygen atoms in total. The third kappa shape index (κ3) is 2.59. The van der Waals surface area contributed by atoms with E-state index in [0.717, 1.165) is 24.3 Å². The first-order valence-corrected chi connectivity index (χ1v) is 9.62. The SMILES string of the molecule is CC1c2cc3c(C(=O)O)c(-c4ccc(F)cc4)oc3cc2NCC2CCCN21. The van der Waals surface area contributed by atoms with Crippen molar-refractivity contribution in [3.05, 3.63) is 53.3 Å². The van der Waals surface area contributed by atoms with Gasteiger partial charge in [-0.3, -0.25) is 4.90 Å². The maximum Gasteiger partial charge on any atom is 0.340 e. The average molecular weight is 380 g/mol. The van der Waals surface area contributed by atoms with Crippen LogP contribution < -0.4 is 5.32 Å². The highest BCUT2D eigenvalue weighted by atomic mass is 19.1. The molecule has 28 heavy (non-hydrogen) atoms. The van der Waals surface area contributed by atoms with Gasteiger partial charge in [0.15, 0.2) is 0 Å². The summed E-state index contributed by atoms with van der Waals surface area (Å²) in [5.74, 6) is -1.16. The van der Waals surface area contributed by atoms with Gasteiger partial charge in [0, 0.05) is 41.3 Å². The number of rotatable bonds is 2. The molecule has 0 bridgehead atoms. The molecule has 2 aliphatic rings. The summed E-state index contributed by atoms with van der Waals surface area (Å²) >= 11 is 0. The zero-order valence-electron chi connectivity index (χ0n) is 15.5. The van der Waals surface area contributed by atoms with Crippen LogP contribution in [0.3, 0.4) is 0 Å². The first kappa shape index (κ1) is 17.3. The summed E-state index contributed by atoms with van der Waals surface area (Å²) in [4.78, 5) is 14.6. The standard InChI is InChI=1S/C22H21FN2O3/c1-12-16-9-17-19(10-18(16)24-11-15-3-2-8-25(12)15)28-21(20(17)22(26)27)13-4-6-14(23)7-5-13/h4-7,9-10,12,15,24H,2-3,8,11H2,1H3,(H,26,27). The van der Waals surface area contributed by atoms with Gasteiger partial charge in [0.1, 0.15) is 22.7 Å². The van der Waals surface area contributed by atoms with Gasteiger partial charge in [-0.25, -0.2) is 9.18 Å². The molecule has 0 radical (unpaired) electrons. The highest BCUT2D eigenvalue weighted by Gasteiger charge is 2.34. The van der Waals surface area contributed by atoms with Crippen LogP contribution >= 0.6 is 0 Å². The lowest BCUT2D eigenvalue weighted by Gasteiger charge is -2.28. The minimum Gasteiger partial charge on any atom is -0.478 e. The number of carboxylic acids is 1. The van der Waals surface area contributed by atoms with Crippen LogP contribution in [0.1, 0.15) is 41.7 Å². The fraction of sp³-hybridized carbons (Fsp3) is 0.318. The maximum atomic E-state index is 13.3. The number of hydrogen-bond acceptors (Lipinski definition) is 4. The van der Waals surface area contributed by atoms with E-state index >= 15 is 0 Å². The Labute approximate surface area is 161 Å². The van der Waals surface area contributed by atoms with Crippen molar-refractivity contribution in [3.8, 4) is 11.3 Å². The molecule has 0 aliphatic carbocycles. The molecule has 5 rings (SSSR count). The molecule has 0 spiro atoms. The van der Waals surface area contributed by atoms with Gasteiger partial charge in [0.25, 0.3) is 0 Å². The monoisotopic (exact) mass is 380 g/mol. The molecule has 0 amide bonds. The molecule has 2 unspecified atom stereocenters. The van der Waals surface area contributed by atoms with Gasteiger partial charge in [0.05, 0.1) is 0 Å². The van der Waals surface area contributed by atoms with Crippen molar-refractivity contribution in [2.45, 2.75) is 31.8 Å². The van der Waals surface area contributed by atoms with E-state index in [0.29, 0.717) is 22.6 Å². The molecule has 2 atom stereocenters. The summed E-state index contributed by atoms with van der Waals surface area (Å²) in [6.07, 6.45) is 2.37. The lowest BCUT2D eigenvalue weighted by molar-refractivity contribution is 0.0699. The van der Waals surface area contributed by atoms with Gasteiger partial charge in [-0.2, -0.15) is 0 Å². The normalized spacial score (nSPS) is 21.8. The first-order chi connectivity index (χ1) is 13.5. The zero-order valence-corrected chi connectivity index (χ0v) is 15.5. The molecular formula is C22H21FN2O3. The van der Waals surface area contributed by atoms with Gasteiger partial charge >= 0.3 is 5.97 Å². The molecule has 3 aromatic rings. The number of halogens is 1. The van der Waals surface area contributed by atoms with Gasteiger partial charge in [-0.05, 0) is 62.2 Å². The Bertz CT molecular complexity index is 1070. The quantitative estimate of drug-likeness (QED) is 0.663. The Morgan fingerprint density at radius 1 is 1.29 bits per heavy atom. The van der Waals surface area contributed by atoms with Crippen LogP contribution in [-0.2, 0) is 0 Å². The summed E-state index contributed by atoms with van der Waals surface area (Å²) in [6, 6.07) is 10.3. The minimum atomic E-state index is -1.05. The molecule has 0 saturated carbocycles. The van der Waals surface area contributed by atoms with Gasteiger partial charge in [-0.1, -0.05) is 0 Å². The Morgan fingerprint density at radius 2 is 2.07 bits per heavy atom. The summed E-state index contributed by atoms with van der Waals surface area (Å²) in [6.45, 7) is 4.11. The number of aromatic carboxylic acids is 1. The van der Waals surface area contributed by atoms with Crippen LogP contribution in [0.15, 0.2) is 40.8 Å². The van der Waals surface area contributed by atoms with Gasteiger partial charge < -0.3 is 14.8 Å². The topological polar surface area (TPSA) is 65.7 Å². The van der Waals surface area contributed by atoms with Crippen LogP contribution in [0.2, 0.25) is 0 Å². The lowest BCUT2D eigenvalue weighted by Crippen LogP contribution is -2.34. The fourth-order valence-corrected chi connectivity index (χ4v) is 4.67. The predicted molar refractivity (Wildman–Crippen MR) is 105 cm³/mol. The highest BCUT2D eigenvalue weighted by molar-refractivity contribution is 6.08. The number of carboxylic acid groups (broad SMARTS) is 1. The van der Waals surface area contributed by atoms with Gasteiger partial charge in [0.2, 0.25) is 0 Å². The van der Waals surface area contributed by atoms with Crippen LogP contribution in [0.25, 0.3) is 22.3 Å². The molecule has 1 aromatic heterocycles. The van der Waals surface area contributed by atoms with Crippen molar-refractivity contribution in [2.75, 3.05) is 18.4 Å². The van der Waals surface area contributed by atoms with E-state index in [2.05, 4.69) is 17.1 Å². The molecule has 2 aliphatic heterocycles. The summed E-state index contributed by atoms with van der Waals surface area (Å²) in [7, 11) is 0. The molecule has 1 fully saturated rings. The smallest absolute Gasteiger partial charge is 0.340 e.